The van der Waals surface area contributed by atoms with Crippen molar-refractivity contribution in [3.8, 4) is 10.8 Å². The first-order valence-corrected chi connectivity index (χ1v) is 9.35. The van der Waals surface area contributed by atoms with Crippen molar-refractivity contribution in [1.29, 1.82) is 0 Å². The third kappa shape index (κ3) is 3.30. The van der Waals surface area contributed by atoms with Gasteiger partial charge in [0.2, 0.25) is 5.89 Å². The van der Waals surface area contributed by atoms with Crippen LogP contribution in [0.2, 0.25) is 0 Å². The molecule has 0 bridgehead atoms. The van der Waals surface area contributed by atoms with Crippen molar-refractivity contribution in [2.75, 3.05) is 18.0 Å². The van der Waals surface area contributed by atoms with Crippen molar-refractivity contribution >= 4 is 23.0 Å². The Morgan fingerprint density at radius 2 is 2.24 bits per heavy atom. The number of guanidine groups is 1. The zero-order valence-corrected chi connectivity index (χ0v) is 14.9. The van der Waals surface area contributed by atoms with E-state index in [4.69, 9.17) is 9.41 Å². The lowest BCUT2D eigenvalue weighted by Crippen LogP contribution is -2.40. The summed E-state index contributed by atoms with van der Waals surface area (Å²) in [4.78, 5) is 12.6. The molecule has 0 spiro atoms. The maximum atomic E-state index is 5.58. The zero-order chi connectivity index (χ0) is 17.1. The van der Waals surface area contributed by atoms with Crippen molar-refractivity contribution < 1.29 is 4.42 Å². The van der Waals surface area contributed by atoms with Gasteiger partial charge in [0, 0.05) is 18.8 Å². The standard InChI is InChI=1S/C19H20N4OS/c1-2-20-19(23-10-9-14-6-3-4-7-16(14)23)21-12-15-13-24-18(22-15)17-8-5-11-25-17/h3-8,11,13H,2,9-10,12H2,1H3,(H,20,21). The monoisotopic (exact) mass is 352 g/mol. The van der Waals surface area contributed by atoms with Crippen LogP contribution in [0.15, 0.2) is 57.5 Å². The molecule has 2 aromatic heterocycles. The van der Waals surface area contributed by atoms with Crippen LogP contribution in [0.5, 0.6) is 0 Å². The van der Waals surface area contributed by atoms with Gasteiger partial charge in [0.05, 0.1) is 11.4 Å². The maximum Gasteiger partial charge on any atom is 0.236 e. The zero-order valence-electron chi connectivity index (χ0n) is 14.1. The van der Waals surface area contributed by atoms with E-state index in [0.29, 0.717) is 12.4 Å². The van der Waals surface area contributed by atoms with Crippen molar-refractivity contribution in [2.24, 2.45) is 4.99 Å². The quantitative estimate of drug-likeness (QED) is 0.571. The maximum absolute atomic E-state index is 5.58. The van der Waals surface area contributed by atoms with Gasteiger partial charge < -0.3 is 14.6 Å². The average molecular weight is 352 g/mol. The molecule has 0 saturated heterocycles. The molecule has 6 heteroatoms. The van der Waals surface area contributed by atoms with Crippen molar-refractivity contribution in [2.45, 2.75) is 19.9 Å². The molecule has 1 aliphatic heterocycles. The molecule has 0 fully saturated rings. The summed E-state index contributed by atoms with van der Waals surface area (Å²) in [7, 11) is 0. The number of benzene rings is 1. The first-order chi connectivity index (χ1) is 12.3. The largest absolute Gasteiger partial charge is 0.443 e. The minimum atomic E-state index is 0.496. The second kappa shape index (κ2) is 7.11. The Morgan fingerprint density at radius 1 is 1.32 bits per heavy atom. The van der Waals surface area contributed by atoms with E-state index in [-0.39, 0.29) is 0 Å². The molecule has 4 rings (SSSR count). The Bertz CT molecular complexity index is 869. The van der Waals surface area contributed by atoms with Crippen LogP contribution in [-0.2, 0) is 13.0 Å². The summed E-state index contributed by atoms with van der Waals surface area (Å²) >= 11 is 1.62. The van der Waals surface area contributed by atoms with Gasteiger partial charge in [-0.25, -0.2) is 9.98 Å². The number of anilines is 1. The Labute approximate surface area is 151 Å². The first-order valence-electron chi connectivity index (χ1n) is 8.47. The third-order valence-electron chi connectivity index (χ3n) is 4.15. The molecule has 25 heavy (non-hydrogen) atoms. The van der Waals surface area contributed by atoms with Gasteiger partial charge in [-0.3, -0.25) is 0 Å². The normalized spacial score (nSPS) is 14.0. The van der Waals surface area contributed by atoms with Crippen LogP contribution in [0.25, 0.3) is 10.8 Å². The second-order valence-electron chi connectivity index (χ2n) is 5.82. The van der Waals surface area contributed by atoms with Gasteiger partial charge in [0.15, 0.2) is 5.96 Å². The highest BCUT2D eigenvalue weighted by Crippen LogP contribution is 2.28. The molecule has 0 saturated carbocycles. The van der Waals surface area contributed by atoms with E-state index in [9.17, 15) is 0 Å². The smallest absolute Gasteiger partial charge is 0.236 e. The minimum absolute atomic E-state index is 0.496. The van der Waals surface area contributed by atoms with Crippen LogP contribution in [0.4, 0.5) is 5.69 Å². The highest BCUT2D eigenvalue weighted by Gasteiger charge is 2.22. The molecule has 128 valence electrons. The fourth-order valence-corrected chi connectivity index (χ4v) is 3.66. The van der Waals surface area contributed by atoms with Crippen molar-refractivity contribution in [3.63, 3.8) is 0 Å². The Kier molecular flexibility index (Phi) is 4.52. The Morgan fingerprint density at radius 3 is 3.08 bits per heavy atom. The summed E-state index contributed by atoms with van der Waals surface area (Å²) in [5.41, 5.74) is 3.45. The Hall–Kier alpha value is -2.60. The molecular weight excluding hydrogens is 332 g/mol. The number of para-hydroxylation sites is 1. The number of hydrogen-bond acceptors (Lipinski definition) is 4. The molecule has 0 radical (unpaired) electrons. The summed E-state index contributed by atoms with van der Waals surface area (Å²) in [6.45, 7) is 4.36. The predicted octanol–water partition coefficient (Wildman–Crippen LogP) is 3.93. The van der Waals surface area contributed by atoms with E-state index in [2.05, 4.69) is 46.4 Å². The molecule has 5 nitrogen and oxygen atoms in total. The molecule has 1 aliphatic rings. The van der Waals surface area contributed by atoms with Crippen LogP contribution in [0.3, 0.4) is 0 Å². The van der Waals surface area contributed by atoms with Crippen LogP contribution < -0.4 is 10.2 Å². The number of nitrogens with one attached hydrogen (secondary N) is 1. The number of hydrogen-bond donors (Lipinski definition) is 1. The predicted molar refractivity (Wildman–Crippen MR) is 102 cm³/mol. The van der Waals surface area contributed by atoms with Gasteiger partial charge in [0.1, 0.15) is 12.0 Å². The van der Waals surface area contributed by atoms with E-state index >= 15 is 0 Å². The number of fused-ring (bicyclic) bond motifs is 1. The van der Waals surface area contributed by atoms with Gasteiger partial charge in [-0.1, -0.05) is 24.3 Å². The Balaban J connectivity index is 1.54. The number of oxazole rings is 1. The SMILES string of the molecule is CCNC(=NCc1coc(-c2cccs2)n1)N1CCc2ccccc21. The summed E-state index contributed by atoms with van der Waals surface area (Å²) in [5, 5.41) is 5.41. The molecule has 0 atom stereocenters. The molecule has 1 aromatic carbocycles. The first kappa shape index (κ1) is 15.9. The van der Waals surface area contributed by atoms with Gasteiger partial charge >= 0.3 is 0 Å². The summed E-state index contributed by atoms with van der Waals surface area (Å²) in [6.07, 6.45) is 2.74. The lowest BCUT2D eigenvalue weighted by Gasteiger charge is -2.22. The third-order valence-corrected chi connectivity index (χ3v) is 5.01. The summed E-state index contributed by atoms with van der Waals surface area (Å²) in [6, 6.07) is 12.5. The number of aliphatic imine (C=N–C) groups is 1. The van der Waals surface area contributed by atoms with Crippen LogP contribution in [-0.4, -0.2) is 24.0 Å². The van der Waals surface area contributed by atoms with Crippen LogP contribution >= 0.6 is 11.3 Å². The molecule has 0 amide bonds. The summed E-state index contributed by atoms with van der Waals surface area (Å²) in [5.74, 6) is 1.56. The number of aromatic nitrogens is 1. The topological polar surface area (TPSA) is 53.7 Å². The molecule has 1 N–H and O–H groups in total. The highest BCUT2D eigenvalue weighted by molar-refractivity contribution is 7.13. The lowest BCUT2D eigenvalue weighted by molar-refractivity contribution is 0.574. The molecule has 0 unspecified atom stereocenters. The van der Waals surface area contributed by atoms with Crippen LogP contribution in [0.1, 0.15) is 18.2 Å². The van der Waals surface area contributed by atoms with E-state index in [1.165, 1.54) is 11.3 Å². The van der Waals surface area contributed by atoms with E-state index < -0.39 is 0 Å². The molecule has 0 aliphatic carbocycles. The number of thiophene rings is 1. The molecule has 3 heterocycles. The van der Waals surface area contributed by atoms with Crippen molar-refractivity contribution in [3.05, 3.63) is 59.3 Å². The van der Waals surface area contributed by atoms with Crippen molar-refractivity contribution in [1.82, 2.24) is 10.3 Å². The van der Waals surface area contributed by atoms with Gasteiger partial charge in [0.25, 0.3) is 0 Å². The lowest BCUT2D eigenvalue weighted by atomic mass is 10.2. The minimum Gasteiger partial charge on any atom is -0.443 e. The fourth-order valence-electron chi connectivity index (χ4n) is 3.00. The van der Waals surface area contributed by atoms with Crippen LogP contribution in [0, 0.1) is 0 Å². The number of nitrogens with zero attached hydrogens (tertiary/aromatic N) is 3. The summed E-state index contributed by atoms with van der Waals surface area (Å²) < 4.78 is 5.58. The van der Waals surface area contributed by atoms with E-state index in [1.54, 1.807) is 17.6 Å². The number of rotatable bonds is 4. The highest BCUT2D eigenvalue weighted by atomic mass is 32.1. The average Bonchev–Trinajstić information content (AvgIpc) is 3.38. The second-order valence-corrected chi connectivity index (χ2v) is 6.77. The van der Waals surface area contributed by atoms with Gasteiger partial charge in [-0.2, -0.15) is 0 Å². The fraction of sp³-hybridized carbons (Fsp3) is 0.263. The molecule has 3 aromatic rings. The molecular formula is C19H20N4OS. The van der Waals surface area contributed by atoms with E-state index in [1.807, 2.05) is 17.5 Å². The van der Waals surface area contributed by atoms with E-state index in [0.717, 1.165) is 36.0 Å². The van der Waals surface area contributed by atoms with Gasteiger partial charge in [-0.15, -0.1) is 11.3 Å². The van der Waals surface area contributed by atoms with Gasteiger partial charge in [-0.05, 0) is 36.4 Å².